The lowest BCUT2D eigenvalue weighted by atomic mass is 9.85. The van der Waals surface area contributed by atoms with Gasteiger partial charge in [-0.05, 0) is 12.3 Å². The Hall–Kier alpha value is -1.20. The van der Waals surface area contributed by atoms with Crippen LogP contribution in [0.25, 0.3) is 0 Å². The highest BCUT2D eigenvalue weighted by Crippen LogP contribution is 2.30. The summed E-state index contributed by atoms with van der Waals surface area (Å²) in [5.41, 5.74) is 0. The highest BCUT2D eigenvalue weighted by Gasteiger charge is 2.37. The molecule has 0 bridgehead atoms. The molecular weight excluding hydrogens is 256 g/mol. The molecule has 2 aliphatic rings. The molecule has 1 aliphatic heterocycles. The first-order valence-electron chi connectivity index (χ1n) is 6.82. The first kappa shape index (κ1) is 14.2. The third-order valence-corrected chi connectivity index (χ3v) is 3.97. The van der Waals surface area contributed by atoms with Crippen LogP contribution in [-0.2, 0) is 9.53 Å². The van der Waals surface area contributed by atoms with Crippen molar-refractivity contribution in [3.05, 3.63) is 0 Å². The molecule has 1 amide bonds. The van der Waals surface area contributed by atoms with Crippen molar-refractivity contribution < 1.29 is 23.1 Å². The van der Waals surface area contributed by atoms with Gasteiger partial charge in [-0.25, -0.2) is 13.6 Å². The van der Waals surface area contributed by atoms with E-state index in [4.69, 9.17) is 4.74 Å². The van der Waals surface area contributed by atoms with Gasteiger partial charge in [0.2, 0.25) is 5.78 Å². The second kappa shape index (κ2) is 6.30. The van der Waals surface area contributed by atoms with Crippen molar-refractivity contribution in [2.75, 3.05) is 13.2 Å². The molecule has 4 nitrogen and oxygen atoms in total. The maximum absolute atomic E-state index is 12.3. The largest absolute Gasteiger partial charge is 0.447 e. The molecule has 19 heavy (non-hydrogen) atoms. The minimum atomic E-state index is -3.02. The van der Waals surface area contributed by atoms with Gasteiger partial charge in [0.1, 0.15) is 6.61 Å². The van der Waals surface area contributed by atoms with E-state index in [1.807, 2.05) is 0 Å². The number of Topliss-reactive ketones (excluding diaryl/α,β-unsaturated/α-hetero) is 1. The third-order valence-electron chi connectivity index (χ3n) is 3.97. The van der Waals surface area contributed by atoms with E-state index in [9.17, 15) is 18.4 Å². The third kappa shape index (κ3) is 3.64. The quantitative estimate of drug-likeness (QED) is 0.774. The Kier molecular flexibility index (Phi) is 4.71. The molecule has 1 saturated carbocycles. The summed E-state index contributed by atoms with van der Waals surface area (Å²) in [4.78, 5) is 23.7. The molecule has 1 heterocycles. The molecule has 1 aliphatic carbocycles. The Morgan fingerprint density at radius 1 is 1.32 bits per heavy atom. The molecular formula is C13H19F2NO3. The highest BCUT2D eigenvalue weighted by atomic mass is 19.3. The summed E-state index contributed by atoms with van der Waals surface area (Å²) < 4.78 is 29.4. The fraction of sp³-hybridized carbons (Fsp3) is 0.846. The van der Waals surface area contributed by atoms with Crippen LogP contribution in [0.15, 0.2) is 0 Å². The molecule has 0 N–H and O–H groups in total. The molecule has 0 aromatic carbocycles. The predicted molar refractivity (Wildman–Crippen MR) is 64.0 cm³/mol. The maximum atomic E-state index is 12.3. The van der Waals surface area contributed by atoms with Crippen molar-refractivity contribution in [2.24, 2.45) is 5.92 Å². The Bertz CT molecular complexity index is 343. The van der Waals surface area contributed by atoms with Crippen LogP contribution < -0.4 is 0 Å². The minimum Gasteiger partial charge on any atom is -0.447 e. The van der Waals surface area contributed by atoms with Gasteiger partial charge in [0.25, 0.3) is 6.43 Å². The monoisotopic (exact) mass is 275 g/mol. The molecule has 0 radical (unpaired) electrons. The Morgan fingerprint density at radius 2 is 2.00 bits per heavy atom. The number of cyclic esters (lactones) is 1. The molecule has 0 aromatic heterocycles. The number of alkyl halides is 2. The molecule has 6 heteroatoms. The van der Waals surface area contributed by atoms with E-state index in [1.54, 1.807) is 0 Å². The van der Waals surface area contributed by atoms with Crippen LogP contribution in [0.1, 0.15) is 38.5 Å². The van der Waals surface area contributed by atoms with Crippen LogP contribution in [0.3, 0.4) is 0 Å². The molecule has 1 atom stereocenters. The highest BCUT2D eigenvalue weighted by molar-refractivity contribution is 5.87. The molecule has 0 aromatic rings. The maximum Gasteiger partial charge on any atom is 0.410 e. The standard InChI is InChI=1S/C13H19F2NO3/c14-12(15)11(17)7-16-10(8-19-13(16)18)6-9-4-2-1-3-5-9/h9-10,12H,1-8H2/t10-/m0/s1. The summed E-state index contributed by atoms with van der Waals surface area (Å²) in [6.07, 6.45) is 2.91. The van der Waals surface area contributed by atoms with Gasteiger partial charge in [0.05, 0.1) is 12.6 Å². The van der Waals surface area contributed by atoms with E-state index >= 15 is 0 Å². The first-order valence-corrected chi connectivity index (χ1v) is 6.82. The van der Waals surface area contributed by atoms with E-state index in [-0.39, 0.29) is 12.6 Å². The number of nitrogens with zero attached hydrogens (tertiary/aromatic N) is 1. The number of hydrogen-bond donors (Lipinski definition) is 0. The summed E-state index contributed by atoms with van der Waals surface area (Å²) in [5.74, 6) is -0.704. The van der Waals surface area contributed by atoms with E-state index < -0.39 is 24.8 Å². The summed E-state index contributed by atoms with van der Waals surface area (Å²) in [6, 6.07) is -0.224. The normalized spacial score (nSPS) is 24.9. The lowest BCUT2D eigenvalue weighted by Gasteiger charge is -2.27. The van der Waals surface area contributed by atoms with Gasteiger partial charge < -0.3 is 4.74 Å². The number of halogens is 2. The fourth-order valence-corrected chi connectivity index (χ4v) is 2.92. The zero-order valence-corrected chi connectivity index (χ0v) is 10.8. The van der Waals surface area contributed by atoms with E-state index in [1.165, 1.54) is 24.2 Å². The number of carbonyl (C=O) groups excluding carboxylic acids is 2. The van der Waals surface area contributed by atoms with Gasteiger partial charge >= 0.3 is 6.09 Å². The van der Waals surface area contributed by atoms with Crippen LogP contribution in [0, 0.1) is 5.92 Å². The van der Waals surface area contributed by atoms with Crippen molar-refractivity contribution in [3.63, 3.8) is 0 Å². The number of rotatable bonds is 5. The van der Waals surface area contributed by atoms with Crippen LogP contribution in [0.5, 0.6) is 0 Å². The van der Waals surface area contributed by atoms with Gasteiger partial charge in [-0.3, -0.25) is 9.69 Å². The molecule has 108 valence electrons. The number of ether oxygens (including phenoxy) is 1. The second-order valence-corrected chi connectivity index (χ2v) is 5.37. The van der Waals surface area contributed by atoms with Crippen molar-refractivity contribution in [1.82, 2.24) is 4.90 Å². The second-order valence-electron chi connectivity index (χ2n) is 5.37. The van der Waals surface area contributed by atoms with Crippen LogP contribution in [0.4, 0.5) is 13.6 Å². The zero-order valence-electron chi connectivity index (χ0n) is 10.8. The van der Waals surface area contributed by atoms with E-state index in [0.717, 1.165) is 19.3 Å². The number of carbonyl (C=O) groups is 2. The van der Waals surface area contributed by atoms with Gasteiger partial charge in [-0.1, -0.05) is 32.1 Å². The lowest BCUT2D eigenvalue weighted by Crippen LogP contribution is -2.40. The molecule has 1 saturated heterocycles. The predicted octanol–water partition coefficient (Wildman–Crippen LogP) is 2.61. The van der Waals surface area contributed by atoms with E-state index in [0.29, 0.717) is 5.92 Å². The minimum absolute atomic E-state index is 0.214. The Balaban J connectivity index is 1.90. The van der Waals surface area contributed by atoms with Gasteiger partial charge in [-0.2, -0.15) is 0 Å². The Labute approximate surface area is 111 Å². The smallest absolute Gasteiger partial charge is 0.410 e. The van der Waals surface area contributed by atoms with Crippen molar-refractivity contribution in [2.45, 2.75) is 51.0 Å². The Morgan fingerprint density at radius 3 is 2.63 bits per heavy atom. The van der Waals surface area contributed by atoms with E-state index in [2.05, 4.69) is 0 Å². The van der Waals surface area contributed by atoms with Crippen molar-refractivity contribution in [1.29, 1.82) is 0 Å². The van der Waals surface area contributed by atoms with Crippen molar-refractivity contribution >= 4 is 11.9 Å². The van der Waals surface area contributed by atoms with Crippen LogP contribution in [0.2, 0.25) is 0 Å². The SMILES string of the molecule is O=C(CN1C(=O)OC[C@@H]1CC1CCCCC1)C(F)F. The summed E-state index contributed by atoms with van der Waals surface area (Å²) in [5, 5.41) is 0. The number of hydrogen-bond acceptors (Lipinski definition) is 3. The summed E-state index contributed by atoms with van der Waals surface area (Å²) in [7, 11) is 0. The summed E-state index contributed by atoms with van der Waals surface area (Å²) >= 11 is 0. The topological polar surface area (TPSA) is 46.6 Å². The van der Waals surface area contributed by atoms with Crippen LogP contribution in [-0.4, -0.2) is 42.4 Å². The lowest BCUT2D eigenvalue weighted by molar-refractivity contribution is -0.130. The molecule has 0 unspecified atom stereocenters. The number of amides is 1. The first-order chi connectivity index (χ1) is 9.08. The summed E-state index contributed by atoms with van der Waals surface area (Å²) in [6.45, 7) is -0.320. The average Bonchev–Trinajstić information content (AvgIpc) is 2.72. The fourth-order valence-electron chi connectivity index (χ4n) is 2.92. The average molecular weight is 275 g/mol. The van der Waals surface area contributed by atoms with Gasteiger partial charge in [0, 0.05) is 0 Å². The molecule has 2 rings (SSSR count). The van der Waals surface area contributed by atoms with Crippen LogP contribution >= 0.6 is 0 Å². The van der Waals surface area contributed by atoms with Crippen molar-refractivity contribution in [3.8, 4) is 0 Å². The number of ketones is 1. The zero-order chi connectivity index (χ0) is 13.8. The molecule has 0 spiro atoms. The van der Waals surface area contributed by atoms with Gasteiger partial charge in [-0.15, -0.1) is 0 Å². The van der Waals surface area contributed by atoms with Gasteiger partial charge in [0.15, 0.2) is 0 Å². The molecule has 2 fully saturated rings.